The maximum atomic E-state index is 13.8. The third-order valence-corrected chi connectivity index (χ3v) is 3.71. The minimum absolute atomic E-state index is 0.176. The first-order chi connectivity index (χ1) is 10.2. The second kappa shape index (κ2) is 5.19. The number of rotatable bonds is 2. The minimum atomic E-state index is -0.286. The van der Waals surface area contributed by atoms with Gasteiger partial charge in [0.2, 0.25) is 0 Å². The van der Waals surface area contributed by atoms with Crippen LogP contribution in [0.15, 0.2) is 36.4 Å². The SMILES string of the molecule is Cc1c(F)cccc1-n1c(CCl)nc2c(C#N)cccc21. The van der Waals surface area contributed by atoms with Crippen LogP contribution in [0, 0.1) is 24.1 Å². The van der Waals surface area contributed by atoms with Crippen molar-refractivity contribution in [1.29, 1.82) is 5.26 Å². The van der Waals surface area contributed by atoms with E-state index < -0.39 is 0 Å². The smallest absolute Gasteiger partial charge is 0.129 e. The first-order valence-corrected chi connectivity index (χ1v) is 6.92. The van der Waals surface area contributed by atoms with Crippen LogP contribution in [0.2, 0.25) is 0 Å². The third kappa shape index (κ3) is 2.07. The van der Waals surface area contributed by atoms with Gasteiger partial charge in [-0.25, -0.2) is 9.37 Å². The maximum Gasteiger partial charge on any atom is 0.129 e. The molecule has 0 unspecified atom stereocenters. The van der Waals surface area contributed by atoms with Crippen molar-refractivity contribution in [2.24, 2.45) is 0 Å². The van der Waals surface area contributed by atoms with E-state index >= 15 is 0 Å². The summed E-state index contributed by atoms with van der Waals surface area (Å²) in [5, 5.41) is 9.19. The van der Waals surface area contributed by atoms with E-state index in [0.717, 1.165) is 5.52 Å². The van der Waals surface area contributed by atoms with Crippen molar-refractivity contribution in [3.05, 3.63) is 59.2 Å². The summed E-state index contributed by atoms with van der Waals surface area (Å²) >= 11 is 5.98. The van der Waals surface area contributed by atoms with Crippen molar-refractivity contribution in [3.8, 4) is 11.8 Å². The topological polar surface area (TPSA) is 41.6 Å². The number of aromatic nitrogens is 2. The number of alkyl halides is 1. The summed E-state index contributed by atoms with van der Waals surface area (Å²) < 4.78 is 15.6. The van der Waals surface area contributed by atoms with Gasteiger partial charge in [0.05, 0.1) is 22.6 Å². The van der Waals surface area contributed by atoms with E-state index in [9.17, 15) is 9.65 Å². The van der Waals surface area contributed by atoms with Crippen LogP contribution >= 0.6 is 11.6 Å². The van der Waals surface area contributed by atoms with Crippen LogP contribution in [0.3, 0.4) is 0 Å². The van der Waals surface area contributed by atoms with Gasteiger partial charge in [-0.1, -0.05) is 12.1 Å². The molecule has 5 heteroatoms. The van der Waals surface area contributed by atoms with Gasteiger partial charge in [-0.15, -0.1) is 11.6 Å². The maximum absolute atomic E-state index is 13.8. The molecule has 3 nitrogen and oxygen atoms in total. The van der Waals surface area contributed by atoms with E-state index in [1.54, 1.807) is 25.1 Å². The molecular formula is C16H11ClFN3. The molecule has 0 saturated heterocycles. The molecule has 0 aliphatic carbocycles. The van der Waals surface area contributed by atoms with E-state index in [-0.39, 0.29) is 11.7 Å². The molecule has 0 aliphatic rings. The Morgan fingerprint density at radius 3 is 2.76 bits per heavy atom. The molecule has 0 spiro atoms. The monoisotopic (exact) mass is 299 g/mol. The molecule has 0 saturated carbocycles. The number of benzene rings is 2. The summed E-state index contributed by atoms with van der Waals surface area (Å²) in [4.78, 5) is 4.44. The Morgan fingerprint density at radius 1 is 1.29 bits per heavy atom. The first kappa shape index (κ1) is 13.6. The average molecular weight is 300 g/mol. The standard InChI is InChI=1S/C16H11ClFN3/c1-10-12(18)5-3-6-13(10)21-14-7-2-4-11(9-19)16(14)20-15(21)8-17/h2-7H,8H2,1H3. The van der Waals surface area contributed by atoms with Gasteiger partial charge < -0.3 is 0 Å². The summed E-state index contributed by atoms with van der Waals surface area (Å²) in [6.07, 6.45) is 0. The molecule has 0 radical (unpaired) electrons. The van der Waals surface area contributed by atoms with Gasteiger partial charge in [-0.2, -0.15) is 5.26 Å². The first-order valence-electron chi connectivity index (χ1n) is 6.39. The molecule has 3 aromatic rings. The quantitative estimate of drug-likeness (QED) is 0.669. The highest BCUT2D eigenvalue weighted by Gasteiger charge is 2.16. The zero-order valence-electron chi connectivity index (χ0n) is 11.3. The van der Waals surface area contributed by atoms with Crippen LogP contribution in [0.1, 0.15) is 17.0 Å². The van der Waals surface area contributed by atoms with E-state index in [4.69, 9.17) is 11.6 Å². The lowest BCUT2D eigenvalue weighted by Gasteiger charge is -2.11. The number of halogens is 2. The van der Waals surface area contributed by atoms with Gasteiger partial charge in [-0.3, -0.25) is 4.57 Å². The molecule has 0 atom stereocenters. The molecule has 0 N–H and O–H groups in total. The lowest BCUT2D eigenvalue weighted by Crippen LogP contribution is -2.02. The molecule has 2 aromatic carbocycles. The van der Waals surface area contributed by atoms with Crippen LogP contribution in [0.5, 0.6) is 0 Å². The molecule has 1 heterocycles. The normalized spacial score (nSPS) is 10.8. The number of para-hydroxylation sites is 1. The molecule has 0 fully saturated rings. The second-order valence-corrected chi connectivity index (χ2v) is 4.93. The predicted molar refractivity (Wildman–Crippen MR) is 80.0 cm³/mol. The summed E-state index contributed by atoms with van der Waals surface area (Å²) in [5.74, 6) is 0.476. The van der Waals surface area contributed by atoms with Gasteiger partial charge in [0.25, 0.3) is 0 Å². The van der Waals surface area contributed by atoms with E-state index in [0.29, 0.717) is 28.2 Å². The average Bonchev–Trinajstić information content (AvgIpc) is 2.88. The molecule has 0 amide bonds. The van der Waals surface area contributed by atoms with Crippen molar-refractivity contribution in [2.75, 3.05) is 0 Å². The van der Waals surface area contributed by atoms with Crippen molar-refractivity contribution in [1.82, 2.24) is 9.55 Å². The Morgan fingerprint density at radius 2 is 2.05 bits per heavy atom. The van der Waals surface area contributed by atoms with E-state index in [1.165, 1.54) is 6.07 Å². The largest absolute Gasteiger partial charge is 0.295 e. The highest BCUT2D eigenvalue weighted by molar-refractivity contribution is 6.17. The van der Waals surface area contributed by atoms with Crippen molar-refractivity contribution in [3.63, 3.8) is 0 Å². The zero-order chi connectivity index (χ0) is 15.0. The molecule has 0 aliphatic heterocycles. The number of hydrogen-bond acceptors (Lipinski definition) is 2. The minimum Gasteiger partial charge on any atom is -0.295 e. The number of fused-ring (bicyclic) bond motifs is 1. The van der Waals surface area contributed by atoms with Gasteiger partial charge in [0, 0.05) is 5.56 Å². The fourth-order valence-corrected chi connectivity index (χ4v) is 2.61. The Hall–Kier alpha value is -2.38. The Kier molecular flexibility index (Phi) is 3.36. The zero-order valence-corrected chi connectivity index (χ0v) is 12.0. The van der Waals surface area contributed by atoms with Crippen molar-refractivity contribution in [2.45, 2.75) is 12.8 Å². The van der Waals surface area contributed by atoms with Gasteiger partial charge in [0.15, 0.2) is 0 Å². The van der Waals surface area contributed by atoms with Gasteiger partial charge in [-0.05, 0) is 31.2 Å². The third-order valence-electron chi connectivity index (χ3n) is 3.47. The number of nitriles is 1. The van der Waals surface area contributed by atoms with Gasteiger partial charge >= 0.3 is 0 Å². The van der Waals surface area contributed by atoms with Crippen LogP contribution in [0.25, 0.3) is 16.7 Å². The van der Waals surface area contributed by atoms with E-state index in [2.05, 4.69) is 11.1 Å². The number of imidazole rings is 1. The molecule has 1 aromatic heterocycles. The Bertz CT molecular complexity index is 877. The summed E-state index contributed by atoms with van der Waals surface area (Å²) in [7, 11) is 0. The summed E-state index contributed by atoms with van der Waals surface area (Å²) in [6.45, 7) is 1.71. The molecular weight excluding hydrogens is 289 g/mol. The van der Waals surface area contributed by atoms with Crippen LogP contribution in [-0.4, -0.2) is 9.55 Å². The van der Waals surface area contributed by atoms with Crippen LogP contribution < -0.4 is 0 Å². The summed E-state index contributed by atoms with van der Waals surface area (Å²) in [5.41, 5.74) is 3.01. The highest BCUT2D eigenvalue weighted by Crippen LogP contribution is 2.27. The summed E-state index contributed by atoms with van der Waals surface area (Å²) in [6, 6.07) is 12.3. The predicted octanol–water partition coefficient (Wildman–Crippen LogP) is 4.08. The number of nitrogens with zero attached hydrogens (tertiary/aromatic N) is 3. The Balaban J connectivity index is 2.42. The molecule has 104 valence electrons. The fraction of sp³-hybridized carbons (Fsp3) is 0.125. The van der Waals surface area contributed by atoms with Crippen LogP contribution in [-0.2, 0) is 5.88 Å². The molecule has 3 rings (SSSR count). The van der Waals surface area contributed by atoms with Gasteiger partial charge in [0.1, 0.15) is 23.2 Å². The number of hydrogen-bond donors (Lipinski definition) is 0. The van der Waals surface area contributed by atoms with Crippen LogP contribution in [0.4, 0.5) is 4.39 Å². The lowest BCUT2D eigenvalue weighted by atomic mass is 10.1. The molecule has 0 bridgehead atoms. The molecule has 21 heavy (non-hydrogen) atoms. The van der Waals surface area contributed by atoms with Crippen molar-refractivity contribution >= 4 is 22.6 Å². The lowest BCUT2D eigenvalue weighted by molar-refractivity contribution is 0.617. The van der Waals surface area contributed by atoms with Crippen molar-refractivity contribution < 1.29 is 4.39 Å². The Labute approximate surface area is 126 Å². The highest BCUT2D eigenvalue weighted by atomic mass is 35.5. The second-order valence-electron chi connectivity index (χ2n) is 4.67. The fourth-order valence-electron chi connectivity index (χ4n) is 2.43. The van der Waals surface area contributed by atoms with E-state index in [1.807, 2.05) is 16.7 Å².